The third kappa shape index (κ3) is 11.1. The Labute approximate surface area is 373 Å². The first-order chi connectivity index (χ1) is 31.0. The first kappa shape index (κ1) is 54.0. The van der Waals surface area contributed by atoms with Gasteiger partial charge >= 0.3 is 11.9 Å². The maximum atomic E-state index is 12.8. The number of carboxylic acid groups (broad SMARTS) is 2. The smallest absolute Gasteiger partial charge is 0.335 e. The van der Waals surface area contributed by atoms with E-state index in [1.54, 1.807) is 6.92 Å². The molecule has 10 unspecified atom stereocenters. The zero-order valence-corrected chi connectivity index (χ0v) is 36.9. The first-order valence-electron chi connectivity index (χ1n) is 20.6. The van der Waals surface area contributed by atoms with Gasteiger partial charge in [-0.25, -0.2) is 9.59 Å². The molecule has 0 aliphatic carbocycles. The Bertz CT molecular complexity index is 1480. The standard InChI is InChI=1S/C38H64O27/c1-12-20(50-2)23(51-3)15(11-41)57-34(12)62-26-24(52-4)30(54-6)37(64-28(26)32(46)47)61-22-14(10-40)59-36(19(45)17(22)43)63-27-25(53-5)31(55-7)38(65-29(27)33(48)49)60-21-13(9-39)58-35(56-8)18(44)16(21)42/h12-31,34-45H,9-11H2,1-8H3,(H,46,47)(H,48,49)/t12?,13?,14-,15?,16+,17?,18?,19?,20+,21+,22+,23+,24-,25?,26-,27-,28?,29+,30?,31?,34-,35-,36+,37+,38-/m0/s1. The topological polar surface area (TPSA) is 364 Å². The zero-order valence-electron chi connectivity index (χ0n) is 36.9. The molecular weight excluding hydrogens is 888 g/mol. The van der Waals surface area contributed by atoms with E-state index in [2.05, 4.69) is 0 Å². The van der Waals surface area contributed by atoms with Gasteiger partial charge in [-0.15, -0.1) is 0 Å². The van der Waals surface area contributed by atoms with E-state index in [9.17, 15) is 55.5 Å². The van der Waals surface area contributed by atoms with Crippen LogP contribution < -0.4 is 0 Å². The lowest BCUT2D eigenvalue weighted by molar-refractivity contribution is -0.390. The van der Waals surface area contributed by atoms with Crippen LogP contribution in [0.25, 0.3) is 0 Å². The fourth-order valence-electron chi connectivity index (χ4n) is 8.91. The molecule has 0 amide bonds. The summed E-state index contributed by atoms with van der Waals surface area (Å²) in [7, 11) is 8.86. The SMILES string of the molecule is COC1C(OC)[C@H](O[C@H]2O[C@@H](CO)[C@@H](O[C@@H]3OC(C(=O)O)[C@@H](O[C@@H]4OC(CO)[C@@H](OC)[C@H](OC)C4C)[C@H](OC)C3OC)C(O)C2O)[C@H](C(=O)O)O[C@@H]1O[C@@H]1C(CO)O[C@H](OC)C(O)[C@H]1O. The number of carboxylic acids is 2. The predicted molar refractivity (Wildman–Crippen MR) is 204 cm³/mol. The average molecular weight is 953 g/mol. The Balaban J connectivity index is 1.33. The second-order valence-electron chi connectivity index (χ2n) is 15.9. The van der Waals surface area contributed by atoms with E-state index in [-0.39, 0.29) is 0 Å². The molecule has 0 radical (unpaired) electrons. The highest BCUT2D eigenvalue weighted by atomic mass is 16.8. The van der Waals surface area contributed by atoms with E-state index in [1.165, 1.54) is 42.7 Å². The van der Waals surface area contributed by atoms with Crippen LogP contribution in [-0.2, 0) is 85.4 Å². The summed E-state index contributed by atoms with van der Waals surface area (Å²) in [5, 5.41) is 95.6. The van der Waals surface area contributed by atoms with Gasteiger partial charge in [-0.1, -0.05) is 6.92 Å². The number of aliphatic carboxylic acids is 2. The Kier molecular flexibility index (Phi) is 20.0. The number of carbonyl (C=O) groups is 2. The molecule has 5 saturated heterocycles. The van der Waals surface area contributed by atoms with E-state index in [4.69, 9.17) is 75.8 Å². The number of hydrogen-bond acceptors (Lipinski definition) is 25. The van der Waals surface area contributed by atoms with Crippen molar-refractivity contribution in [3.8, 4) is 0 Å². The zero-order chi connectivity index (χ0) is 48.0. The first-order valence-corrected chi connectivity index (χ1v) is 20.6. The predicted octanol–water partition coefficient (Wildman–Crippen LogP) is -5.89. The van der Waals surface area contributed by atoms with Crippen LogP contribution >= 0.6 is 0 Å². The van der Waals surface area contributed by atoms with Gasteiger partial charge in [0.25, 0.3) is 0 Å². The van der Waals surface area contributed by atoms with Crippen molar-refractivity contribution in [1.29, 1.82) is 0 Å². The second kappa shape index (κ2) is 24.0. The van der Waals surface area contributed by atoms with E-state index in [0.29, 0.717) is 0 Å². The number of methoxy groups -OCH3 is 7. The highest BCUT2D eigenvalue weighted by molar-refractivity contribution is 5.74. The summed E-state index contributed by atoms with van der Waals surface area (Å²) < 4.78 is 91.7. The van der Waals surface area contributed by atoms with Crippen molar-refractivity contribution in [2.24, 2.45) is 5.92 Å². The van der Waals surface area contributed by atoms with Crippen molar-refractivity contribution >= 4 is 11.9 Å². The summed E-state index contributed by atoms with van der Waals surface area (Å²) >= 11 is 0. The van der Waals surface area contributed by atoms with Gasteiger partial charge in [-0.2, -0.15) is 0 Å². The van der Waals surface area contributed by atoms with Crippen molar-refractivity contribution < 1.29 is 131 Å². The quantitative estimate of drug-likeness (QED) is 0.0549. The lowest BCUT2D eigenvalue weighted by Gasteiger charge is -2.50. The second-order valence-corrected chi connectivity index (χ2v) is 15.9. The minimum Gasteiger partial charge on any atom is -0.479 e. The van der Waals surface area contributed by atoms with Crippen LogP contribution in [0.5, 0.6) is 0 Å². The maximum Gasteiger partial charge on any atom is 0.335 e. The van der Waals surface area contributed by atoms with Gasteiger partial charge in [0.15, 0.2) is 43.7 Å². The lowest BCUT2D eigenvalue weighted by atomic mass is 9.91. The van der Waals surface area contributed by atoms with E-state index in [1.807, 2.05) is 0 Å². The largest absolute Gasteiger partial charge is 0.479 e. The summed E-state index contributed by atoms with van der Waals surface area (Å²) in [6.07, 6.45) is -36.3. The molecule has 0 bridgehead atoms. The molecule has 65 heavy (non-hydrogen) atoms. The number of hydrogen-bond donors (Lipinski definition) is 9. The number of ether oxygens (including phenoxy) is 16. The summed E-state index contributed by atoms with van der Waals surface area (Å²) in [4.78, 5) is 25.5. The highest BCUT2D eigenvalue weighted by Gasteiger charge is 2.59. The van der Waals surface area contributed by atoms with Gasteiger partial charge in [0, 0.05) is 55.7 Å². The fraction of sp³-hybridized carbons (Fsp3) is 0.947. The van der Waals surface area contributed by atoms with E-state index < -0.39 is 185 Å². The minimum atomic E-state index is -2.08. The molecule has 0 spiro atoms. The van der Waals surface area contributed by atoms with E-state index >= 15 is 0 Å². The highest BCUT2D eigenvalue weighted by Crippen LogP contribution is 2.39. The van der Waals surface area contributed by atoms with Crippen LogP contribution in [0.2, 0.25) is 0 Å². The fourth-order valence-corrected chi connectivity index (χ4v) is 8.91. The molecule has 27 heteroatoms. The van der Waals surface area contributed by atoms with Crippen molar-refractivity contribution in [2.75, 3.05) is 69.6 Å². The molecule has 5 aliphatic rings. The number of aliphatic hydroxyl groups is 7. The van der Waals surface area contributed by atoms with Gasteiger partial charge in [0.1, 0.15) is 97.7 Å². The summed E-state index contributed by atoms with van der Waals surface area (Å²) in [6.45, 7) is -0.436. The monoisotopic (exact) mass is 952 g/mol. The molecule has 9 N–H and O–H groups in total. The van der Waals surface area contributed by atoms with Gasteiger partial charge in [-0.05, 0) is 0 Å². The van der Waals surface area contributed by atoms with Gasteiger partial charge < -0.3 is 122 Å². The van der Waals surface area contributed by atoms with Crippen molar-refractivity contribution in [1.82, 2.24) is 0 Å². The Morgan fingerprint density at radius 1 is 0.385 bits per heavy atom. The van der Waals surface area contributed by atoms with Gasteiger partial charge in [0.05, 0.1) is 25.9 Å². The van der Waals surface area contributed by atoms with Crippen molar-refractivity contribution in [2.45, 2.75) is 154 Å². The Morgan fingerprint density at radius 2 is 0.723 bits per heavy atom. The third-order valence-corrected chi connectivity index (χ3v) is 12.3. The number of rotatable bonds is 20. The summed E-state index contributed by atoms with van der Waals surface area (Å²) in [5.41, 5.74) is 0. The normalized spacial score (nSPS) is 47.3. The molecular formula is C38H64O27. The van der Waals surface area contributed by atoms with Crippen LogP contribution in [-0.4, -0.2) is 275 Å². The van der Waals surface area contributed by atoms with Crippen molar-refractivity contribution in [3.05, 3.63) is 0 Å². The lowest BCUT2D eigenvalue weighted by Crippen LogP contribution is -2.69. The third-order valence-electron chi connectivity index (χ3n) is 12.3. The van der Waals surface area contributed by atoms with Gasteiger partial charge in [-0.3, -0.25) is 0 Å². The van der Waals surface area contributed by atoms with Crippen LogP contribution in [0.4, 0.5) is 0 Å². The molecule has 5 fully saturated rings. The molecule has 25 atom stereocenters. The van der Waals surface area contributed by atoms with Crippen LogP contribution in [0.1, 0.15) is 6.92 Å². The molecule has 5 aliphatic heterocycles. The molecule has 0 aromatic rings. The molecule has 378 valence electrons. The van der Waals surface area contributed by atoms with Gasteiger partial charge in [0.2, 0.25) is 0 Å². The summed E-state index contributed by atoms with van der Waals surface area (Å²) in [6, 6.07) is 0. The molecule has 5 heterocycles. The van der Waals surface area contributed by atoms with Crippen LogP contribution in [0, 0.1) is 5.92 Å². The molecule has 0 aromatic heterocycles. The van der Waals surface area contributed by atoms with E-state index in [0.717, 1.165) is 7.11 Å². The van der Waals surface area contributed by atoms with Crippen LogP contribution in [0.3, 0.4) is 0 Å². The summed E-state index contributed by atoms with van der Waals surface area (Å²) in [5.74, 6) is -3.78. The van der Waals surface area contributed by atoms with Crippen LogP contribution in [0.15, 0.2) is 0 Å². The Morgan fingerprint density at radius 3 is 1.09 bits per heavy atom. The molecule has 0 saturated carbocycles. The number of aliphatic hydroxyl groups excluding tert-OH is 7. The minimum absolute atomic E-state index is 0.490. The molecule has 5 rings (SSSR count). The maximum absolute atomic E-state index is 12.8. The van der Waals surface area contributed by atoms with Crippen molar-refractivity contribution in [3.63, 3.8) is 0 Å². The molecule has 27 nitrogen and oxygen atoms in total. The average Bonchev–Trinajstić information content (AvgIpc) is 3.30. The Hall–Kier alpha value is -1.98. The molecule has 0 aromatic carbocycles.